The highest BCUT2D eigenvalue weighted by molar-refractivity contribution is 6.33. The maximum absolute atomic E-state index is 12.7. The van der Waals surface area contributed by atoms with Crippen molar-refractivity contribution in [3.8, 4) is 0 Å². The normalized spacial score (nSPS) is 28.9. The predicted molar refractivity (Wildman–Crippen MR) is 107 cm³/mol. The quantitative estimate of drug-likeness (QED) is 0.861. The number of carbonyl (C=O) groups excluding carboxylic acids is 2. The zero-order chi connectivity index (χ0) is 18.8. The maximum atomic E-state index is 12.7. The highest BCUT2D eigenvalue weighted by atomic mass is 35.5. The van der Waals surface area contributed by atoms with E-state index in [4.69, 9.17) is 11.6 Å². The number of nitrogens with zero attached hydrogens (tertiary/aromatic N) is 2. The summed E-state index contributed by atoms with van der Waals surface area (Å²) in [6, 6.07) is 7.94. The third kappa shape index (κ3) is 3.99. The first-order valence-electron chi connectivity index (χ1n) is 10.2. The Labute approximate surface area is 166 Å². The molecule has 6 heteroatoms. The molecule has 0 bridgehead atoms. The summed E-state index contributed by atoms with van der Waals surface area (Å²) in [7, 11) is 0. The summed E-state index contributed by atoms with van der Waals surface area (Å²) in [6.07, 6.45) is 6.53. The van der Waals surface area contributed by atoms with Crippen LogP contribution in [0, 0.1) is 11.8 Å². The summed E-state index contributed by atoms with van der Waals surface area (Å²) in [5.74, 6) is 0.227. The first-order valence-corrected chi connectivity index (χ1v) is 10.6. The number of halogens is 1. The minimum absolute atomic E-state index is 0.00540. The summed E-state index contributed by atoms with van der Waals surface area (Å²) in [4.78, 5) is 29.4. The van der Waals surface area contributed by atoms with Gasteiger partial charge in [-0.2, -0.15) is 0 Å². The number of fused-ring (bicyclic) bond motifs is 1. The lowest BCUT2D eigenvalue weighted by Gasteiger charge is -2.44. The molecule has 1 aromatic rings. The van der Waals surface area contributed by atoms with Crippen molar-refractivity contribution in [1.82, 2.24) is 10.2 Å². The standard InChI is InChI=1S/C21H28ClN3O2/c22-17-7-1-2-9-19(17)25-14-16(12-20(25)26)21(27)23-13-15-6-5-11-24-10-4-3-8-18(15)24/h1-2,7,9,15-16,18H,3-6,8,10-14H2,(H,23,27)/t15-,16-,18+/m0/s1. The number of hydrogen-bond acceptors (Lipinski definition) is 3. The van der Waals surface area contributed by atoms with E-state index in [1.165, 1.54) is 45.2 Å². The van der Waals surface area contributed by atoms with Crippen LogP contribution in [-0.4, -0.2) is 48.9 Å². The smallest absolute Gasteiger partial charge is 0.227 e. The average molecular weight is 390 g/mol. The Bertz CT molecular complexity index is 708. The molecule has 0 aromatic heterocycles. The van der Waals surface area contributed by atoms with Crippen LogP contribution < -0.4 is 10.2 Å². The van der Waals surface area contributed by atoms with Gasteiger partial charge in [0.15, 0.2) is 0 Å². The van der Waals surface area contributed by atoms with E-state index >= 15 is 0 Å². The maximum Gasteiger partial charge on any atom is 0.227 e. The van der Waals surface area contributed by atoms with Gasteiger partial charge in [0.25, 0.3) is 0 Å². The topological polar surface area (TPSA) is 52.7 Å². The molecule has 3 aliphatic heterocycles. The molecule has 5 nitrogen and oxygen atoms in total. The zero-order valence-electron chi connectivity index (χ0n) is 15.7. The van der Waals surface area contributed by atoms with E-state index in [9.17, 15) is 9.59 Å². The van der Waals surface area contributed by atoms with Crippen LogP contribution in [0.4, 0.5) is 5.69 Å². The van der Waals surface area contributed by atoms with Gasteiger partial charge in [0, 0.05) is 25.6 Å². The molecule has 146 valence electrons. The fourth-order valence-corrected chi connectivity index (χ4v) is 5.22. The number of amides is 2. The number of hydrogen-bond donors (Lipinski definition) is 1. The van der Waals surface area contributed by atoms with Crippen molar-refractivity contribution in [2.75, 3.05) is 31.1 Å². The van der Waals surface area contributed by atoms with Crippen LogP contribution in [0.3, 0.4) is 0 Å². The molecule has 3 fully saturated rings. The zero-order valence-corrected chi connectivity index (χ0v) is 16.5. The van der Waals surface area contributed by atoms with Gasteiger partial charge >= 0.3 is 0 Å². The van der Waals surface area contributed by atoms with Gasteiger partial charge in [0.1, 0.15) is 0 Å². The molecular weight excluding hydrogens is 362 g/mol. The molecule has 0 saturated carbocycles. The van der Waals surface area contributed by atoms with Crippen molar-refractivity contribution >= 4 is 29.1 Å². The lowest BCUT2D eigenvalue weighted by Crippen LogP contribution is -2.51. The number of anilines is 1. The molecule has 3 aliphatic rings. The van der Waals surface area contributed by atoms with Gasteiger partial charge < -0.3 is 15.1 Å². The number of rotatable bonds is 4. The number of nitrogens with one attached hydrogen (secondary N) is 1. The van der Waals surface area contributed by atoms with Gasteiger partial charge in [-0.25, -0.2) is 0 Å². The Kier molecular flexibility index (Phi) is 5.69. The van der Waals surface area contributed by atoms with Crippen LogP contribution in [0.15, 0.2) is 24.3 Å². The lowest BCUT2D eigenvalue weighted by atomic mass is 9.83. The second-order valence-electron chi connectivity index (χ2n) is 8.10. The average Bonchev–Trinajstić information content (AvgIpc) is 3.08. The van der Waals surface area contributed by atoms with Crippen molar-refractivity contribution in [1.29, 1.82) is 0 Å². The largest absolute Gasteiger partial charge is 0.355 e. The van der Waals surface area contributed by atoms with E-state index < -0.39 is 0 Å². The van der Waals surface area contributed by atoms with E-state index in [0.717, 1.165) is 6.54 Å². The molecule has 0 radical (unpaired) electrons. The SMILES string of the molecule is O=C(NC[C@@H]1CCCN2CCCC[C@H]12)[C@H]1CC(=O)N(c2ccccc2Cl)C1. The van der Waals surface area contributed by atoms with Gasteiger partial charge in [-0.1, -0.05) is 30.2 Å². The summed E-state index contributed by atoms with van der Waals surface area (Å²) in [5.41, 5.74) is 0.699. The van der Waals surface area contributed by atoms with Crippen molar-refractivity contribution < 1.29 is 9.59 Å². The number of carbonyl (C=O) groups is 2. The molecule has 3 heterocycles. The first-order chi connectivity index (χ1) is 13.1. The molecular formula is C21H28ClN3O2. The fraction of sp³-hybridized carbons (Fsp3) is 0.619. The third-order valence-corrected chi connectivity index (χ3v) is 6.73. The Morgan fingerprint density at radius 1 is 1.15 bits per heavy atom. The monoisotopic (exact) mass is 389 g/mol. The predicted octanol–water partition coefficient (Wildman–Crippen LogP) is 3.07. The van der Waals surface area contributed by atoms with Crippen LogP contribution in [0.2, 0.25) is 5.02 Å². The van der Waals surface area contributed by atoms with Crippen LogP contribution in [0.25, 0.3) is 0 Å². The van der Waals surface area contributed by atoms with Crippen molar-refractivity contribution in [2.24, 2.45) is 11.8 Å². The van der Waals surface area contributed by atoms with Crippen molar-refractivity contribution in [3.05, 3.63) is 29.3 Å². The Balaban J connectivity index is 1.34. The minimum atomic E-state index is -0.292. The van der Waals surface area contributed by atoms with Gasteiger partial charge in [-0.15, -0.1) is 0 Å². The van der Waals surface area contributed by atoms with Crippen LogP contribution in [0.1, 0.15) is 38.5 Å². The van der Waals surface area contributed by atoms with E-state index in [1.54, 1.807) is 11.0 Å². The van der Waals surface area contributed by atoms with Gasteiger partial charge in [-0.05, 0) is 56.8 Å². The van der Waals surface area contributed by atoms with Gasteiger partial charge in [0.05, 0.1) is 16.6 Å². The van der Waals surface area contributed by atoms with Gasteiger partial charge in [-0.3, -0.25) is 9.59 Å². The molecule has 27 heavy (non-hydrogen) atoms. The summed E-state index contributed by atoms with van der Waals surface area (Å²) in [6.45, 7) is 3.56. The van der Waals surface area contributed by atoms with Crippen LogP contribution in [-0.2, 0) is 9.59 Å². The summed E-state index contributed by atoms with van der Waals surface area (Å²) >= 11 is 6.23. The Morgan fingerprint density at radius 2 is 1.96 bits per heavy atom. The second-order valence-corrected chi connectivity index (χ2v) is 8.51. The number of benzene rings is 1. The molecule has 2 amide bonds. The van der Waals surface area contributed by atoms with E-state index in [1.807, 2.05) is 18.2 Å². The summed E-state index contributed by atoms with van der Waals surface area (Å²) < 4.78 is 0. The first kappa shape index (κ1) is 18.8. The highest BCUT2D eigenvalue weighted by Crippen LogP contribution is 2.32. The third-order valence-electron chi connectivity index (χ3n) is 6.41. The molecule has 1 aromatic carbocycles. The van der Waals surface area contributed by atoms with Crippen molar-refractivity contribution in [3.63, 3.8) is 0 Å². The highest BCUT2D eigenvalue weighted by Gasteiger charge is 2.37. The Hall–Kier alpha value is -1.59. The molecule has 0 spiro atoms. The molecule has 3 saturated heterocycles. The molecule has 0 unspecified atom stereocenters. The fourth-order valence-electron chi connectivity index (χ4n) is 4.98. The van der Waals surface area contributed by atoms with E-state index in [0.29, 0.717) is 29.2 Å². The number of piperidine rings is 2. The van der Waals surface area contributed by atoms with E-state index in [-0.39, 0.29) is 24.2 Å². The molecule has 0 aliphatic carbocycles. The minimum Gasteiger partial charge on any atom is -0.355 e. The number of para-hydroxylation sites is 1. The van der Waals surface area contributed by atoms with Gasteiger partial charge in [0.2, 0.25) is 11.8 Å². The molecule has 1 N–H and O–H groups in total. The van der Waals surface area contributed by atoms with Crippen LogP contribution in [0.5, 0.6) is 0 Å². The van der Waals surface area contributed by atoms with Crippen LogP contribution >= 0.6 is 11.6 Å². The molecule has 4 rings (SSSR count). The lowest BCUT2D eigenvalue weighted by molar-refractivity contribution is -0.126. The van der Waals surface area contributed by atoms with Crippen molar-refractivity contribution in [2.45, 2.75) is 44.6 Å². The second kappa shape index (κ2) is 8.19. The molecule has 3 atom stereocenters. The summed E-state index contributed by atoms with van der Waals surface area (Å²) in [5, 5.41) is 3.70. The van der Waals surface area contributed by atoms with E-state index in [2.05, 4.69) is 10.2 Å². The Morgan fingerprint density at radius 3 is 2.81 bits per heavy atom.